The van der Waals surface area contributed by atoms with Crippen LogP contribution >= 0.6 is 34.5 Å². The maximum atomic E-state index is 12.1. The summed E-state index contributed by atoms with van der Waals surface area (Å²) in [6.07, 6.45) is 0. The molecule has 24 heavy (non-hydrogen) atoms. The van der Waals surface area contributed by atoms with Crippen molar-refractivity contribution in [2.75, 3.05) is 31.2 Å². The van der Waals surface area contributed by atoms with Crippen molar-refractivity contribution in [2.24, 2.45) is 0 Å². The second kappa shape index (κ2) is 7.80. The Morgan fingerprint density at radius 3 is 2.75 bits per heavy atom. The van der Waals surface area contributed by atoms with Gasteiger partial charge in [0.2, 0.25) is 5.91 Å². The summed E-state index contributed by atoms with van der Waals surface area (Å²) in [5.41, 5.74) is 1.65. The Kier molecular flexibility index (Phi) is 5.73. The summed E-state index contributed by atoms with van der Waals surface area (Å²) in [4.78, 5) is 19.8. The van der Waals surface area contributed by atoms with E-state index in [1.165, 1.54) is 23.2 Å². The standard InChI is InChI=1S/C16H17Cl2N3O2S/c1-11(22)21(13-2-3-14(17)15(18)8-13)16-19-12(10-24-16)9-20-4-6-23-7-5-20/h2-3,8,10H,4-7,9H2,1H3/p+1. The zero-order chi connectivity index (χ0) is 17.1. The molecule has 1 aromatic carbocycles. The lowest BCUT2D eigenvalue weighted by Gasteiger charge is -2.23. The number of anilines is 2. The van der Waals surface area contributed by atoms with Crippen LogP contribution in [0.25, 0.3) is 0 Å². The number of morpholine rings is 1. The van der Waals surface area contributed by atoms with Gasteiger partial charge in [0.15, 0.2) is 5.13 Å². The highest BCUT2D eigenvalue weighted by molar-refractivity contribution is 7.14. The third kappa shape index (κ3) is 4.07. The summed E-state index contributed by atoms with van der Waals surface area (Å²) < 4.78 is 5.38. The number of benzene rings is 1. The molecule has 1 aliphatic rings. The van der Waals surface area contributed by atoms with E-state index in [-0.39, 0.29) is 5.91 Å². The maximum absolute atomic E-state index is 12.1. The van der Waals surface area contributed by atoms with Gasteiger partial charge in [-0.2, -0.15) is 0 Å². The number of rotatable bonds is 4. The average molecular weight is 387 g/mol. The van der Waals surface area contributed by atoms with Crippen LogP contribution in [0.15, 0.2) is 23.6 Å². The molecule has 0 spiro atoms. The zero-order valence-corrected chi connectivity index (χ0v) is 15.5. The Morgan fingerprint density at radius 2 is 2.08 bits per heavy atom. The average Bonchev–Trinajstić information content (AvgIpc) is 2.99. The molecule has 0 atom stereocenters. The van der Waals surface area contributed by atoms with Crippen LogP contribution in [-0.2, 0) is 16.1 Å². The first-order chi connectivity index (χ1) is 11.5. The van der Waals surface area contributed by atoms with E-state index in [0.29, 0.717) is 20.9 Å². The summed E-state index contributed by atoms with van der Waals surface area (Å²) >= 11 is 13.5. The van der Waals surface area contributed by atoms with Crippen LogP contribution in [-0.4, -0.2) is 37.2 Å². The van der Waals surface area contributed by atoms with Gasteiger partial charge in [-0.15, -0.1) is 11.3 Å². The van der Waals surface area contributed by atoms with Crippen LogP contribution in [0.1, 0.15) is 12.6 Å². The fourth-order valence-corrected chi connectivity index (χ4v) is 3.80. The quantitative estimate of drug-likeness (QED) is 0.877. The van der Waals surface area contributed by atoms with E-state index >= 15 is 0 Å². The Labute approximate surface area is 154 Å². The van der Waals surface area contributed by atoms with Crippen LogP contribution in [0.4, 0.5) is 10.8 Å². The van der Waals surface area contributed by atoms with Gasteiger partial charge in [0.05, 0.1) is 28.9 Å². The summed E-state index contributed by atoms with van der Waals surface area (Å²) in [6.45, 7) is 5.89. The smallest absolute Gasteiger partial charge is 0.230 e. The van der Waals surface area contributed by atoms with Crippen LogP contribution in [0.5, 0.6) is 0 Å². The number of nitrogens with one attached hydrogen (secondary N) is 1. The van der Waals surface area contributed by atoms with E-state index in [2.05, 4.69) is 4.98 Å². The van der Waals surface area contributed by atoms with Crippen molar-refractivity contribution in [1.82, 2.24) is 4.98 Å². The maximum Gasteiger partial charge on any atom is 0.230 e. The highest BCUT2D eigenvalue weighted by Crippen LogP contribution is 2.33. The summed E-state index contributed by atoms with van der Waals surface area (Å²) in [5.74, 6) is -0.118. The molecule has 2 heterocycles. The van der Waals surface area contributed by atoms with Crippen molar-refractivity contribution in [2.45, 2.75) is 13.5 Å². The lowest BCUT2D eigenvalue weighted by atomic mass is 10.3. The molecule has 0 unspecified atom stereocenters. The minimum atomic E-state index is -0.118. The molecule has 2 aromatic rings. The van der Waals surface area contributed by atoms with Gasteiger partial charge in [-0.1, -0.05) is 23.2 Å². The number of hydrogen-bond acceptors (Lipinski definition) is 4. The zero-order valence-electron chi connectivity index (χ0n) is 13.2. The van der Waals surface area contributed by atoms with Crippen LogP contribution in [0.3, 0.4) is 0 Å². The Bertz CT molecular complexity index is 732. The molecule has 0 radical (unpaired) electrons. The normalized spacial score (nSPS) is 15.5. The number of thiazole rings is 1. The first-order valence-corrected chi connectivity index (χ1v) is 9.29. The van der Waals surface area contributed by atoms with E-state index in [1.807, 2.05) is 5.38 Å². The van der Waals surface area contributed by atoms with Crippen molar-refractivity contribution in [3.63, 3.8) is 0 Å². The molecule has 8 heteroatoms. The molecule has 1 aromatic heterocycles. The Morgan fingerprint density at radius 1 is 1.33 bits per heavy atom. The van der Waals surface area contributed by atoms with Crippen molar-refractivity contribution < 1.29 is 14.4 Å². The lowest BCUT2D eigenvalue weighted by Crippen LogP contribution is -3.12. The molecule has 0 aliphatic carbocycles. The molecule has 128 valence electrons. The minimum Gasteiger partial charge on any atom is -0.370 e. The van der Waals surface area contributed by atoms with Crippen molar-refractivity contribution in [1.29, 1.82) is 0 Å². The topological polar surface area (TPSA) is 46.9 Å². The highest BCUT2D eigenvalue weighted by Gasteiger charge is 2.21. The third-order valence-electron chi connectivity index (χ3n) is 3.84. The van der Waals surface area contributed by atoms with Crippen molar-refractivity contribution in [3.05, 3.63) is 39.3 Å². The summed E-state index contributed by atoms with van der Waals surface area (Å²) in [6, 6.07) is 5.13. The monoisotopic (exact) mass is 386 g/mol. The van der Waals surface area contributed by atoms with Crippen LogP contribution in [0, 0.1) is 0 Å². The third-order valence-corrected chi connectivity index (χ3v) is 5.45. The van der Waals surface area contributed by atoms with Crippen molar-refractivity contribution in [3.8, 4) is 0 Å². The predicted octanol–water partition coefficient (Wildman–Crippen LogP) is 2.55. The fraction of sp³-hybridized carbons (Fsp3) is 0.375. The van der Waals surface area contributed by atoms with Gasteiger partial charge in [0.25, 0.3) is 0 Å². The number of ether oxygens (including phenoxy) is 1. The SMILES string of the molecule is CC(=O)N(c1ccc(Cl)c(Cl)c1)c1nc(C[NH+]2CCOCC2)cs1. The largest absolute Gasteiger partial charge is 0.370 e. The molecular formula is C16H18Cl2N3O2S+. The molecule has 1 saturated heterocycles. The van der Waals surface area contributed by atoms with E-state index in [9.17, 15) is 4.79 Å². The molecule has 0 bridgehead atoms. The van der Waals surface area contributed by atoms with Gasteiger partial charge in [-0.25, -0.2) is 4.98 Å². The van der Waals surface area contributed by atoms with E-state index in [1.54, 1.807) is 23.1 Å². The van der Waals surface area contributed by atoms with Crippen molar-refractivity contribution >= 4 is 51.3 Å². The molecule has 0 saturated carbocycles. The molecule has 5 nitrogen and oxygen atoms in total. The Hall–Kier alpha value is -1.18. The van der Waals surface area contributed by atoms with E-state index in [4.69, 9.17) is 27.9 Å². The van der Waals surface area contributed by atoms with Gasteiger partial charge < -0.3 is 9.64 Å². The second-order valence-corrected chi connectivity index (χ2v) is 7.26. The molecule has 3 rings (SSSR count). The molecule has 1 N–H and O–H groups in total. The van der Waals surface area contributed by atoms with E-state index in [0.717, 1.165) is 38.5 Å². The first-order valence-electron chi connectivity index (χ1n) is 7.66. The summed E-state index contributed by atoms with van der Waals surface area (Å²) in [5, 5.41) is 3.52. The number of amides is 1. The number of quaternary nitrogens is 1. The van der Waals surface area contributed by atoms with Gasteiger partial charge >= 0.3 is 0 Å². The van der Waals surface area contributed by atoms with Crippen LogP contribution < -0.4 is 9.80 Å². The number of aromatic nitrogens is 1. The van der Waals surface area contributed by atoms with Crippen LogP contribution in [0.2, 0.25) is 10.0 Å². The van der Waals surface area contributed by atoms with E-state index < -0.39 is 0 Å². The Balaban J connectivity index is 1.81. The fourth-order valence-electron chi connectivity index (χ4n) is 2.62. The van der Waals surface area contributed by atoms with Gasteiger partial charge in [0.1, 0.15) is 25.3 Å². The molecular weight excluding hydrogens is 369 g/mol. The van der Waals surface area contributed by atoms with Gasteiger partial charge in [0, 0.05) is 12.3 Å². The number of carbonyl (C=O) groups is 1. The number of halogens is 2. The molecule has 1 fully saturated rings. The number of nitrogens with zero attached hydrogens (tertiary/aromatic N) is 2. The molecule has 1 aliphatic heterocycles. The van der Waals surface area contributed by atoms with Gasteiger partial charge in [-0.05, 0) is 18.2 Å². The summed E-state index contributed by atoms with van der Waals surface area (Å²) in [7, 11) is 0. The van der Waals surface area contributed by atoms with Gasteiger partial charge in [-0.3, -0.25) is 9.69 Å². The second-order valence-electron chi connectivity index (χ2n) is 5.61. The first kappa shape index (κ1) is 17.6. The lowest BCUT2D eigenvalue weighted by molar-refractivity contribution is -0.921. The minimum absolute atomic E-state index is 0.118. The predicted molar refractivity (Wildman–Crippen MR) is 96.6 cm³/mol. The molecule has 1 amide bonds. The highest BCUT2D eigenvalue weighted by atomic mass is 35.5. The number of carbonyl (C=O) groups excluding carboxylic acids is 1. The number of hydrogen-bond donors (Lipinski definition) is 1.